The van der Waals surface area contributed by atoms with E-state index >= 15 is 0 Å². The van der Waals surface area contributed by atoms with E-state index in [1.807, 2.05) is 0 Å². The molecule has 0 bridgehead atoms. The number of anilines is 2. The lowest BCUT2D eigenvalue weighted by molar-refractivity contribution is -0.140. The predicted octanol–water partition coefficient (Wildman–Crippen LogP) is 4.84. The van der Waals surface area contributed by atoms with Crippen LogP contribution in [0.15, 0.2) is 53.9 Å². The number of aliphatic carboxylic acids is 1. The molecule has 11 heteroatoms. The maximum Gasteiger partial charge on any atom is 0.434 e. The topological polar surface area (TPSA) is 82.5 Å². The number of thiazole rings is 1. The van der Waals surface area contributed by atoms with Crippen molar-refractivity contribution in [2.75, 3.05) is 11.4 Å². The Morgan fingerprint density at radius 3 is 2.38 bits per heavy atom. The number of para-hydroxylation sites is 1. The van der Waals surface area contributed by atoms with Crippen LogP contribution >= 0.6 is 11.3 Å². The predicted molar refractivity (Wildman–Crippen MR) is 110 cm³/mol. The van der Waals surface area contributed by atoms with Crippen molar-refractivity contribution in [2.45, 2.75) is 19.1 Å². The fourth-order valence-corrected chi connectivity index (χ4v) is 3.62. The normalized spacial score (nSPS) is 11.2. The van der Waals surface area contributed by atoms with Crippen LogP contribution in [0.2, 0.25) is 0 Å². The second-order valence-corrected chi connectivity index (χ2v) is 7.48. The zero-order valence-electron chi connectivity index (χ0n) is 16.4. The molecule has 0 spiro atoms. The van der Waals surface area contributed by atoms with Crippen LogP contribution in [-0.2, 0) is 17.5 Å². The van der Waals surface area contributed by atoms with Crippen molar-refractivity contribution in [3.63, 3.8) is 0 Å². The Labute approximate surface area is 184 Å². The van der Waals surface area contributed by atoms with Crippen molar-refractivity contribution >= 4 is 34.0 Å². The third-order valence-electron chi connectivity index (χ3n) is 4.34. The van der Waals surface area contributed by atoms with E-state index in [0.29, 0.717) is 5.56 Å². The number of carboxylic acid groups (broad SMARTS) is 1. The summed E-state index contributed by atoms with van der Waals surface area (Å²) in [4.78, 5) is 27.6. The van der Waals surface area contributed by atoms with Gasteiger partial charge in [0.1, 0.15) is 5.82 Å². The molecular formula is C21H17F4N3O3S. The van der Waals surface area contributed by atoms with Gasteiger partial charge in [0, 0.05) is 17.5 Å². The lowest BCUT2D eigenvalue weighted by Crippen LogP contribution is -2.26. The van der Waals surface area contributed by atoms with Gasteiger partial charge in [-0.05, 0) is 29.8 Å². The van der Waals surface area contributed by atoms with Crippen molar-refractivity contribution in [3.05, 3.63) is 76.5 Å². The van der Waals surface area contributed by atoms with E-state index < -0.39 is 29.6 Å². The molecule has 0 aliphatic rings. The van der Waals surface area contributed by atoms with E-state index in [1.165, 1.54) is 35.2 Å². The Morgan fingerprint density at radius 2 is 1.78 bits per heavy atom. The number of carbonyl (C=O) groups excluding carboxylic acids is 1. The van der Waals surface area contributed by atoms with E-state index in [1.54, 1.807) is 18.2 Å². The number of aromatic nitrogens is 1. The summed E-state index contributed by atoms with van der Waals surface area (Å²) in [6.07, 6.45) is -4.83. The molecule has 0 aliphatic heterocycles. The zero-order valence-corrected chi connectivity index (χ0v) is 17.2. The molecule has 0 radical (unpaired) electrons. The maximum absolute atomic E-state index is 14.4. The quantitative estimate of drug-likeness (QED) is 0.463. The Hall–Kier alpha value is -3.47. The number of hydrogen-bond donors (Lipinski definition) is 2. The Morgan fingerprint density at radius 1 is 1.09 bits per heavy atom. The summed E-state index contributed by atoms with van der Waals surface area (Å²) >= 11 is 0.743. The second kappa shape index (κ2) is 9.77. The molecule has 3 rings (SSSR count). The number of nitrogens with one attached hydrogen (secondary N) is 1. The first kappa shape index (κ1) is 23.2. The first-order chi connectivity index (χ1) is 15.1. The molecule has 2 aromatic carbocycles. The molecule has 6 nitrogen and oxygen atoms in total. The first-order valence-electron chi connectivity index (χ1n) is 9.29. The van der Waals surface area contributed by atoms with Gasteiger partial charge in [0.2, 0.25) is 0 Å². The Bertz CT molecular complexity index is 1100. The molecule has 0 fully saturated rings. The lowest BCUT2D eigenvalue weighted by atomic mass is 10.1. The van der Waals surface area contributed by atoms with Crippen LogP contribution in [0.1, 0.15) is 28.0 Å². The minimum absolute atomic E-state index is 0.00660. The molecular weight excluding hydrogens is 450 g/mol. The number of alkyl halides is 3. The number of nitrogens with zero attached hydrogens (tertiary/aromatic N) is 2. The molecule has 0 saturated heterocycles. The SMILES string of the molecule is O=C(O)CCNC(=O)c1ccc(CN(c2nc(C(F)(F)F)cs2)c2ccccc2F)cc1. The third-order valence-corrected chi connectivity index (χ3v) is 5.20. The van der Waals surface area contributed by atoms with E-state index in [2.05, 4.69) is 10.3 Å². The standard InChI is InChI=1S/C21H17F4N3O3S/c22-15-3-1-2-4-16(15)28(20-27-17(12-32-20)21(23,24)25)11-13-5-7-14(8-6-13)19(31)26-10-9-18(29)30/h1-8,12H,9-11H2,(H,26,31)(H,29,30). The fourth-order valence-electron chi connectivity index (χ4n) is 2.77. The van der Waals surface area contributed by atoms with Crippen LogP contribution in [0.4, 0.5) is 28.4 Å². The van der Waals surface area contributed by atoms with Crippen LogP contribution in [0.25, 0.3) is 0 Å². The average Bonchev–Trinajstić information content (AvgIpc) is 3.23. The highest BCUT2D eigenvalue weighted by Crippen LogP contribution is 2.37. The minimum atomic E-state index is -4.62. The molecule has 1 amide bonds. The van der Waals surface area contributed by atoms with Crippen molar-refractivity contribution in [1.29, 1.82) is 0 Å². The highest BCUT2D eigenvalue weighted by Gasteiger charge is 2.34. The lowest BCUT2D eigenvalue weighted by Gasteiger charge is -2.23. The van der Waals surface area contributed by atoms with Gasteiger partial charge in [0.25, 0.3) is 5.91 Å². The molecule has 1 heterocycles. The molecule has 3 aromatic rings. The zero-order chi connectivity index (χ0) is 23.3. The van der Waals surface area contributed by atoms with Gasteiger partial charge in [-0.3, -0.25) is 9.59 Å². The summed E-state index contributed by atoms with van der Waals surface area (Å²) in [5.41, 5.74) is -0.123. The number of rotatable bonds is 8. The van der Waals surface area contributed by atoms with Gasteiger partial charge in [-0.2, -0.15) is 13.2 Å². The number of carboxylic acids is 1. The molecule has 1 aromatic heterocycles. The highest BCUT2D eigenvalue weighted by molar-refractivity contribution is 7.13. The highest BCUT2D eigenvalue weighted by atomic mass is 32.1. The van der Waals surface area contributed by atoms with Gasteiger partial charge in [-0.1, -0.05) is 24.3 Å². The van der Waals surface area contributed by atoms with Crippen molar-refractivity contribution in [3.8, 4) is 0 Å². The van der Waals surface area contributed by atoms with E-state index in [0.717, 1.165) is 16.7 Å². The first-order valence-corrected chi connectivity index (χ1v) is 10.2. The Kier molecular flexibility index (Phi) is 7.08. The number of amides is 1. The largest absolute Gasteiger partial charge is 0.481 e. The van der Waals surface area contributed by atoms with Crippen LogP contribution in [0.5, 0.6) is 0 Å². The number of carbonyl (C=O) groups is 2. The summed E-state index contributed by atoms with van der Waals surface area (Å²) in [7, 11) is 0. The molecule has 0 atom stereocenters. The number of halogens is 4. The van der Waals surface area contributed by atoms with Gasteiger partial charge in [-0.15, -0.1) is 11.3 Å². The average molecular weight is 467 g/mol. The summed E-state index contributed by atoms with van der Waals surface area (Å²) in [6.45, 7) is -0.0186. The monoisotopic (exact) mass is 467 g/mol. The van der Waals surface area contributed by atoms with Gasteiger partial charge >= 0.3 is 12.1 Å². The smallest absolute Gasteiger partial charge is 0.434 e. The minimum Gasteiger partial charge on any atom is -0.481 e. The van der Waals surface area contributed by atoms with E-state index in [9.17, 15) is 27.2 Å². The van der Waals surface area contributed by atoms with Crippen LogP contribution < -0.4 is 10.2 Å². The number of hydrogen-bond acceptors (Lipinski definition) is 5. The Balaban J connectivity index is 1.83. The summed E-state index contributed by atoms with van der Waals surface area (Å²) in [5.74, 6) is -2.12. The van der Waals surface area contributed by atoms with Crippen LogP contribution in [-0.4, -0.2) is 28.5 Å². The van der Waals surface area contributed by atoms with Gasteiger partial charge in [0.05, 0.1) is 18.7 Å². The molecule has 0 aliphatic carbocycles. The number of benzene rings is 2. The second-order valence-electron chi connectivity index (χ2n) is 6.65. The molecule has 0 unspecified atom stereocenters. The van der Waals surface area contributed by atoms with Gasteiger partial charge < -0.3 is 15.3 Å². The summed E-state index contributed by atoms with van der Waals surface area (Å²) < 4.78 is 53.5. The summed E-state index contributed by atoms with van der Waals surface area (Å²) in [6, 6.07) is 11.8. The molecule has 0 saturated carbocycles. The van der Waals surface area contributed by atoms with Crippen LogP contribution in [0, 0.1) is 5.82 Å². The molecule has 168 valence electrons. The maximum atomic E-state index is 14.4. The van der Waals surface area contributed by atoms with Gasteiger partial charge in [-0.25, -0.2) is 9.37 Å². The van der Waals surface area contributed by atoms with Crippen molar-refractivity contribution < 1.29 is 32.3 Å². The van der Waals surface area contributed by atoms with Gasteiger partial charge in [0.15, 0.2) is 10.8 Å². The third kappa shape index (κ3) is 5.82. The molecule has 2 N–H and O–H groups in total. The van der Waals surface area contributed by atoms with E-state index in [-0.39, 0.29) is 35.9 Å². The molecule has 32 heavy (non-hydrogen) atoms. The van der Waals surface area contributed by atoms with Crippen molar-refractivity contribution in [2.24, 2.45) is 0 Å². The summed E-state index contributed by atoms with van der Waals surface area (Å²) in [5, 5.41) is 11.9. The fraction of sp³-hybridized carbons (Fsp3) is 0.190. The van der Waals surface area contributed by atoms with Crippen LogP contribution in [0.3, 0.4) is 0 Å². The van der Waals surface area contributed by atoms with Crippen molar-refractivity contribution in [1.82, 2.24) is 10.3 Å². The van der Waals surface area contributed by atoms with E-state index in [4.69, 9.17) is 5.11 Å².